The Bertz CT molecular complexity index is 607. The van der Waals surface area contributed by atoms with Gasteiger partial charge in [0.15, 0.2) is 0 Å². The van der Waals surface area contributed by atoms with E-state index in [-0.39, 0.29) is 19.0 Å². The summed E-state index contributed by atoms with van der Waals surface area (Å²) in [7, 11) is 0. The Balaban J connectivity index is 2.03. The maximum atomic E-state index is 12.4. The lowest BCUT2D eigenvalue weighted by atomic mass is 10.3. The number of benzene rings is 1. The molecule has 1 amide bonds. The number of nitrogens with two attached hydrogens (primary N) is 1. The van der Waals surface area contributed by atoms with Gasteiger partial charge in [-0.3, -0.25) is 9.48 Å². The van der Waals surface area contributed by atoms with Crippen molar-refractivity contribution >= 4 is 11.6 Å². The van der Waals surface area contributed by atoms with Crippen molar-refractivity contribution in [1.82, 2.24) is 9.78 Å². The highest BCUT2D eigenvalue weighted by Crippen LogP contribution is 2.08. The van der Waals surface area contributed by atoms with Crippen molar-refractivity contribution in [3.05, 3.63) is 60.2 Å². The number of para-hydroxylation sites is 1. The third kappa shape index (κ3) is 3.52. The zero-order valence-electron chi connectivity index (χ0n) is 10.8. The van der Waals surface area contributed by atoms with Crippen LogP contribution in [0.3, 0.4) is 0 Å². The minimum Gasteiger partial charge on any atom is -0.327 e. The average molecular weight is 274 g/mol. The van der Waals surface area contributed by atoms with E-state index >= 15 is 0 Å². The Labute approximate surface area is 115 Å². The number of aromatic nitrogens is 2. The van der Waals surface area contributed by atoms with Gasteiger partial charge >= 0.3 is 0 Å². The Kier molecular flexibility index (Phi) is 4.62. The predicted molar refractivity (Wildman–Crippen MR) is 74.9 cm³/mol. The number of carbonyl (C=O) groups is 1. The molecule has 0 saturated carbocycles. The number of halogens is 1. The third-order valence-electron chi connectivity index (χ3n) is 2.71. The van der Waals surface area contributed by atoms with Crippen LogP contribution < -0.4 is 11.1 Å². The van der Waals surface area contributed by atoms with Gasteiger partial charge in [0.1, 0.15) is 0 Å². The van der Waals surface area contributed by atoms with Crippen molar-refractivity contribution in [1.29, 1.82) is 0 Å². The van der Waals surface area contributed by atoms with E-state index in [1.165, 1.54) is 10.9 Å². The maximum absolute atomic E-state index is 12.4. The summed E-state index contributed by atoms with van der Waals surface area (Å²) in [6.07, 6.45) is 3.45. The van der Waals surface area contributed by atoms with Crippen LogP contribution in [0, 0.1) is 0 Å². The summed E-state index contributed by atoms with van der Waals surface area (Å²) in [5, 5.41) is 6.75. The second kappa shape index (κ2) is 6.63. The zero-order chi connectivity index (χ0) is 14.4. The number of carbonyl (C=O) groups excluding carboxylic acids is 1. The molecule has 104 valence electrons. The molecule has 2 aromatic rings. The highest BCUT2D eigenvalue weighted by atomic mass is 19.1. The molecular weight excluding hydrogens is 259 g/mol. The first-order chi connectivity index (χ1) is 9.72. The van der Waals surface area contributed by atoms with Crippen LogP contribution in [0.2, 0.25) is 0 Å². The number of nitrogens with one attached hydrogen (secondary N) is 1. The predicted octanol–water partition coefficient (Wildman–Crippen LogP) is 1.95. The van der Waals surface area contributed by atoms with Gasteiger partial charge in [-0.05, 0) is 17.7 Å². The summed E-state index contributed by atoms with van der Waals surface area (Å²) in [5.41, 5.74) is 6.89. The van der Waals surface area contributed by atoms with Crippen molar-refractivity contribution in [3.63, 3.8) is 0 Å². The van der Waals surface area contributed by atoms with E-state index in [1.807, 2.05) is 18.2 Å². The normalized spacial score (nSPS) is 11.4. The summed E-state index contributed by atoms with van der Waals surface area (Å²) in [6, 6.07) is 9.11. The molecule has 0 bridgehead atoms. The molecule has 0 unspecified atom stereocenters. The van der Waals surface area contributed by atoms with Crippen LogP contribution in [-0.4, -0.2) is 22.2 Å². The first-order valence-electron chi connectivity index (χ1n) is 6.10. The Morgan fingerprint density at radius 2 is 2.15 bits per heavy atom. The summed E-state index contributed by atoms with van der Waals surface area (Å²) in [4.78, 5) is 12.0. The molecule has 2 rings (SSSR count). The maximum Gasteiger partial charge on any atom is 0.258 e. The molecule has 5 nitrogen and oxygen atoms in total. The molecule has 20 heavy (non-hydrogen) atoms. The van der Waals surface area contributed by atoms with Gasteiger partial charge in [-0.2, -0.15) is 5.10 Å². The quantitative estimate of drug-likeness (QED) is 0.875. The van der Waals surface area contributed by atoms with Crippen LogP contribution in [-0.2, 0) is 6.54 Å². The molecule has 0 atom stereocenters. The van der Waals surface area contributed by atoms with Crippen molar-refractivity contribution < 1.29 is 9.18 Å². The Hall–Kier alpha value is -2.47. The van der Waals surface area contributed by atoms with Crippen molar-refractivity contribution in [2.45, 2.75) is 6.54 Å². The van der Waals surface area contributed by atoms with E-state index in [0.717, 1.165) is 0 Å². The molecular formula is C14H15FN4O. The van der Waals surface area contributed by atoms with E-state index in [2.05, 4.69) is 10.4 Å². The Morgan fingerprint density at radius 3 is 2.80 bits per heavy atom. The number of rotatable bonds is 5. The highest BCUT2D eigenvalue weighted by molar-refractivity contribution is 6.03. The van der Waals surface area contributed by atoms with Gasteiger partial charge in [-0.1, -0.05) is 18.2 Å². The van der Waals surface area contributed by atoms with Gasteiger partial charge in [-0.25, -0.2) is 4.39 Å². The van der Waals surface area contributed by atoms with Gasteiger partial charge in [0.25, 0.3) is 5.91 Å². The third-order valence-corrected chi connectivity index (χ3v) is 2.71. The number of nitrogens with zero attached hydrogens (tertiary/aromatic N) is 2. The van der Waals surface area contributed by atoms with Crippen molar-refractivity contribution in [2.75, 3.05) is 11.9 Å². The summed E-state index contributed by atoms with van der Waals surface area (Å²) >= 11 is 0. The first kappa shape index (κ1) is 14.0. The van der Waals surface area contributed by atoms with Gasteiger partial charge in [0.2, 0.25) is 0 Å². The van der Waals surface area contributed by atoms with Gasteiger partial charge in [0, 0.05) is 18.4 Å². The first-order valence-corrected chi connectivity index (χ1v) is 6.10. The molecule has 1 aromatic carbocycles. The van der Waals surface area contributed by atoms with Crippen LogP contribution in [0.1, 0.15) is 10.4 Å². The minimum absolute atomic E-state index is 0.113. The number of anilines is 1. The van der Waals surface area contributed by atoms with E-state index in [1.54, 1.807) is 18.3 Å². The SMILES string of the molecule is NC/C(=C\F)Cn1cc(C(=O)Nc2ccccc2)cn1. The monoisotopic (exact) mass is 274 g/mol. The van der Waals surface area contributed by atoms with E-state index in [0.29, 0.717) is 23.2 Å². The molecule has 6 heteroatoms. The molecule has 1 aromatic heterocycles. The summed E-state index contributed by atoms with van der Waals surface area (Å²) in [6.45, 7) is 0.341. The molecule has 1 heterocycles. The molecule has 0 fully saturated rings. The topological polar surface area (TPSA) is 72.9 Å². The van der Waals surface area contributed by atoms with Crippen molar-refractivity contribution in [2.24, 2.45) is 5.73 Å². The lowest BCUT2D eigenvalue weighted by molar-refractivity contribution is 0.102. The molecule has 0 spiro atoms. The largest absolute Gasteiger partial charge is 0.327 e. The second-order valence-corrected chi connectivity index (χ2v) is 4.22. The average Bonchev–Trinajstić information content (AvgIpc) is 2.94. The molecule has 0 aliphatic carbocycles. The standard InChI is InChI=1S/C14H15FN4O/c15-6-11(7-16)9-19-10-12(8-17-19)14(20)18-13-4-2-1-3-5-13/h1-6,8,10H,7,9,16H2,(H,18,20)/b11-6+. The molecule has 3 N–H and O–H groups in total. The molecule has 0 aliphatic rings. The number of hydrogen-bond donors (Lipinski definition) is 2. The smallest absolute Gasteiger partial charge is 0.258 e. The fraction of sp³-hybridized carbons (Fsp3) is 0.143. The van der Waals surface area contributed by atoms with E-state index in [9.17, 15) is 9.18 Å². The van der Waals surface area contributed by atoms with Crippen LogP contribution in [0.25, 0.3) is 0 Å². The number of hydrogen-bond acceptors (Lipinski definition) is 3. The fourth-order valence-electron chi connectivity index (χ4n) is 1.64. The molecule has 0 saturated heterocycles. The fourth-order valence-corrected chi connectivity index (χ4v) is 1.64. The van der Waals surface area contributed by atoms with Gasteiger partial charge in [0.05, 0.1) is 24.6 Å². The van der Waals surface area contributed by atoms with Crippen LogP contribution in [0.5, 0.6) is 0 Å². The molecule has 0 aliphatic heterocycles. The Morgan fingerprint density at radius 1 is 1.40 bits per heavy atom. The molecule has 0 radical (unpaired) electrons. The van der Waals surface area contributed by atoms with Gasteiger partial charge < -0.3 is 11.1 Å². The zero-order valence-corrected chi connectivity index (χ0v) is 10.8. The van der Waals surface area contributed by atoms with Crippen molar-refractivity contribution in [3.8, 4) is 0 Å². The van der Waals surface area contributed by atoms with E-state index in [4.69, 9.17) is 5.73 Å². The highest BCUT2D eigenvalue weighted by Gasteiger charge is 2.09. The minimum atomic E-state index is -0.263. The lowest BCUT2D eigenvalue weighted by Gasteiger charge is -2.03. The van der Waals surface area contributed by atoms with Crippen LogP contribution in [0.15, 0.2) is 54.6 Å². The summed E-state index contributed by atoms with van der Waals surface area (Å²) in [5.74, 6) is -0.263. The second-order valence-electron chi connectivity index (χ2n) is 4.22. The summed E-state index contributed by atoms with van der Waals surface area (Å²) < 4.78 is 13.9. The van der Waals surface area contributed by atoms with Crippen LogP contribution in [0.4, 0.5) is 10.1 Å². The van der Waals surface area contributed by atoms with Gasteiger partial charge in [-0.15, -0.1) is 0 Å². The van der Waals surface area contributed by atoms with Crippen LogP contribution >= 0.6 is 0 Å². The van der Waals surface area contributed by atoms with E-state index < -0.39 is 0 Å². The number of amides is 1. The lowest BCUT2D eigenvalue weighted by Crippen LogP contribution is -2.12.